The van der Waals surface area contributed by atoms with Crippen molar-refractivity contribution in [3.05, 3.63) is 29.6 Å². The molecular formula is C25H36N6O2. The first kappa shape index (κ1) is 23.3. The number of nitrogens with two attached hydrogens (primary N) is 1. The topological polar surface area (TPSA) is 107 Å². The number of fused-ring (bicyclic) bond motifs is 3. The standard InChI is InChI=1S/C25H36N6O2/c1-4-21-30-22-23(31(21)15-18-9-12-33-13-10-18)19-8-7-17(14-20(19)29-24(22)26)6-5-11-27-25(32)28-16(2)3/h7-8,14,16,18H,4-6,9-13,15H2,1-3H3,(H2,26,29)(H2,27,28,32). The van der Waals surface area contributed by atoms with Gasteiger partial charge >= 0.3 is 6.03 Å². The molecule has 2 amide bonds. The van der Waals surface area contributed by atoms with Gasteiger partial charge in [-0.3, -0.25) is 0 Å². The fraction of sp³-hybridized carbons (Fsp3) is 0.560. The Bertz CT molecular complexity index is 1120. The Hall–Kier alpha value is -2.87. The molecule has 0 saturated carbocycles. The Morgan fingerprint density at radius 2 is 2.06 bits per heavy atom. The number of nitrogens with one attached hydrogen (secondary N) is 2. The van der Waals surface area contributed by atoms with Crippen molar-refractivity contribution in [3.8, 4) is 0 Å². The van der Waals surface area contributed by atoms with Gasteiger partial charge in [0.15, 0.2) is 5.82 Å². The summed E-state index contributed by atoms with van der Waals surface area (Å²) in [5, 5.41) is 6.84. The quantitative estimate of drug-likeness (QED) is 0.451. The average Bonchev–Trinajstić information content (AvgIpc) is 3.16. The Balaban J connectivity index is 1.57. The highest BCUT2D eigenvalue weighted by Gasteiger charge is 2.21. The predicted molar refractivity (Wildman–Crippen MR) is 132 cm³/mol. The molecule has 1 fully saturated rings. The van der Waals surface area contributed by atoms with Gasteiger partial charge in [0, 0.05) is 44.2 Å². The number of carbonyl (C=O) groups excluding carboxylic acids is 1. The molecule has 0 aliphatic carbocycles. The number of nitrogens with zero attached hydrogens (tertiary/aromatic N) is 3. The Morgan fingerprint density at radius 1 is 1.27 bits per heavy atom. The number of aromatic nitrogens is 3. The van der Waals surface area contributed by atoms with Crippen LogP contribution in [0, 0.1) is 5.92 Å². The van der Waals surface area contributed by atoms with E-state index in [1.807, 2.05) is 13.8 Å². The summed E-state index contributed by atoms with van der Waals surface area (Å²) in [4.78, 5) is 21.3. The van der Waals surface area contributed by atoms with E-state index < -0.39 is 0 Å². The molecule has 0 radical (unpaired) electrons. The second-order valence-electron chi connectivity index (χ2n) is 9.25. The number of pyridine rings is 1. The molecule has 33 heavy (non-hydrogen) atoms. The summed E-state index contributed by atoms with van der Waals surface area (Å²) in [6.07, 6.45) is 4.73. The van der Waals surface area contributed by atoms with E-state index in [4.69, 9.17) is 20.4 Å². The minimum atomic E-state index is -0.120. The highest BCUT2D eigenvalue weighted by molar-refractivity contribution is 6.06. The Labute approximate surface area is 195 Å². The summed E-state index contributed by atoms with van der Waals surface area (Å²) in [6, 6.07) is 6.44. The SMILES string of the molecule is CCc1nc2c(N)nc3cc(CCCNC(=O)NC(C)C)ccc3c2n1CC1CCOCC1. The summed E-state index contributed by atoms with van der Waals surface area (Å²) < 4.78 is 7.92. The van der Waals surface area contributed by atoms with Crippen LogP contribution in [0.4, 0.5) is 10.6 Å². The number of anilines is 1. The minimum absolute atomic E-state index is 0.120. The molecule has 3 heterocycles. The number of amides is 2. The van der Waals surface area contributed by atoms with Crippen molar-refractivity contribution >= 4 is 33.8 Å². The van der Waals surface area contributed by atoms with E-state index in [-0.39, 0.29) is 12.1 Å². The van der Waals surface area contributed by atoms with Crippen LogP contribution in [0.25, 0.3) is 21.9 Å². The van der Waals surface area contributed by atoms with E-state index in [1.165, 1.54) is 5.56 Å². The maximum Gasteiger partial charge on any atom is 0.314 e. The maximum absolute atomic E-state index is 11.7. The van der Waals surface area contributed by atoms with Gasteiger partial charge < -0.3 is 25.7 Å². The second-order valence-corrected chi connectivity index (χ2v) is 9.25. The molecule has 0 atom stereocenters. The van der Waals surface area contributed by atoms with Crippen molar-refractivity contribution in [1.82, 2.24) is 25.2 Å². The minimum Gasteiger partial charge on any atom is -0.382 e. The Morgan fingerprint density at radius 3 is 2.79 bits per heavy atom. The molecule has 1 aliphatic rings. The summed E-state index contributed by atoms with van der Waals surface area (Å²) in [5.74, 6) is 2.14. The van der Waals surface area contributed by atoms with Gasteiger partial charge in [0.1, 0.15) is 11.3 Å². The van der Waals surface area contributed by atoms with Crippen LogP contribution in [0.5, 0.6) is 0 Å². The monoisotopic (exact) mass is 452 g/mol. The molecule has 2 aromatic heterocycles. The third kappa shape index (κ3) is 5.38. The fourth-order valence-corrected chi connectivity index (χ4v) is 4.62. The van der Waals surface area contributed by atoms with Gasteiger partial charge in [-0.15, -0.1) is 0 Å². The number of nitrogen functional groups attached to an aromatic ring is 1. The van der Waals surface area contributed by atoms with E-state index in [9.17, 15) is 4.79 Å². The zero-order valence-corrected chi connectivity index (χ0v) is 20.0. The third-order valence-corrected chi connectivity index (χ3v) is 6.29. The van der Waals surface area contributed by atoms with Crippen molar-refractivity contribution in [1.29, 1.82) is 0 Å². The molecule has 0 spiro atoms. The molecule has 0 unspecified atom stereocenters. The average molecular weight is 453 g/mol. The molecule has 0 bridgehead atoms. The molecule has 178 valence electrons. The summed E-state index contributed by atoms with van der Waals surface area (Å²) in [5.41, 5.74) is 10.4. The van der Waals surface area contributed by atoms with Crippen molar-refractivity contribution in [2.75, 3.05) is 25.5 Å². The summed E-state index contributed by atoms with van der Waals surface area (Å²) >= 11 is 0. The van der Waals surface area contributed by atoms with Gasteiger partial charge in [-0.1, -0.05) is 19.1 Å². The van der Waals surface area contributed by atoms with E-state index in [0.717, 1.165) is 79.6 Å². The van der Waals surface area contributed by atoms with E-state index in [2.05, 4.69) is 40.3 Å². The van der Waals surface area contributed by atoms with Crippen molar-refractivity contribution in [3.63, 3.8) is 0 Å². The van der Waals surface area contributed by atoms with E-state index >= 15 is 0 Å². The zero-order valence-electron chi connectivity index (χ0n) is 20.0. The van der Waals surface area contributed by atoms with Crippen LogP contribution in [-0.4, -0.2) is 46.4 Å². The van der Waals surface area contributed by atoms with Crippen LogP contribution in [0.15, 0.2) is 18.2 Å². The number of hydrogen-bond acceptors (Lipinski definition) is 5. The van der Waals surface area contributed by atoms with Crippen LogP contribution < -0.4 is 16.4 Å². The lowest BCUT2D eigenvalue weighted by Crippen LogP contribution is -2.39. The molecule has 8 heteroatoms. The fourth-order valence-electron chi connectivity index (χ4n) is 4.62. The molecule has 1 saturated heterocycles. The number of benzene rings is 1. The summed E-state index contributed by atoms with van der Waals surface area (Å²) in [7, 11) is 0. The smallest absolute Gasteiger partial charge is 0.314 e. The second kappa shape index (κ2) is 10.4. The van der Waals surface area contributed by atoms with Crippen molar-refractivity contribution in [2.24, 2.45) is 5.92 Å². The first-order valence-electron chi connectivity index (χ1n) is 12.2. The van der Waals surface area contributed by atoms with Gasteiger partial charge in [-0.05, 0) is 57.1 Å². The normalized spacial score (nSPS) is 14.9. The largest absolute Gasteiger partial charge is 0.382 e. The van der Waals surface area contributed by atoms with Gasteiger partial charge in [0.25, 0.3) is 0 Å². The number of ether oxygens (including phenoxy) is 1. The zero-order chi connectivity index (χ0) is 23.4. The predicted octanol–water partition coefficient (Wildman–Crippen LogP) is 3.80. The molecular weight excluding hydrogens is 416 g/mol. The van der Waals surface area contributed by atoms with Gasteiger partial charge in [-0.25, -0.2) is 14.8 Å². The first-order chi connectivity index (χ1) is 16.0. The number of carbonyl (C=O) groups is 1. The van der Waals surface area contributed by atoms with E-state index in [1.54, 1.807) is 0 Å². The van der Waals surface area contributed by atoms with Crippen LogP contribution in [-0.2, 0) is 24.1 Å². The number of rotatable bonds is 8. The van der Waals surface area contributed by atoms with E-state index in [0.29, 0.717) is 18.3 Å². The van der Waals surface area contributed by atoms with Gasteiger partial charge in [-0.2, -0.15) is 0 Å². The number of hydrogen-bond donors (Lipinski definition) is 3. The van der Waals surface area contributed by atoms with Gasteiger partial charge in [0.05, 0.1) is 11.0 Å². The molecule has 4 N–H and O–H groups in total. The number of urea groups is 1. The van der Waals surface area contributed by atoms with Crippen LogP contribution in [0.3, 0.4) is 0 Å². The van der Waals surface area contributed by atoms with Crippen molar-refractivity contribution in [2.45, 2.75) is 65.5 Å². The Kier molecular flexibility index (Phi) is 7.33. The van der Waals surface area contributed by atoms with Crippen LogP contribution in [0.2, 0.25) is 0 Å². The number of imidazole rings is 1. The lowest BCUT2D eigenvalue weighted by atomic mass is 10.00. The molecule has 1 aliphatic heterocycles. The van der Waals surface area contributed by atoms with Crippen LogP contribution in [0.1, 0.15) is 51.4 Å². The number of aryl methyl sites for hydroxylation is 2. The summed E-state index contributed by atoms with van der Waals surface area (Å²) in [6.45, 7) is 9.27. The maximum atomic E-state index is 11.7. The molecule has 1 aromatic carbocycles. The molecule has 3 aromatic rings. The van der Waals surface area contributed by atoms with Gasteiger partial charge in [0.2, 0.25) is 0 Å². The van der Waals surface area contributed by atoms with Crippen LogP contribution >= 0.6 is 0 Å². The molecule has 4 rings (SSSR count). The lowest BCUT2D eigenvalue weighted by Gasteiger charge is -2.23. The van der Waals surface area contributed by atoms with Crippen molar-refractivity contribution < 1.29 is 9.53 Å². The highest BCUT2D eigenvalue weighted by atomic mass is 16.5. The molecule has 8 nitrogen and oxygen atoms in total. The highest BCUT2D eigenvalue weighted by Crippen LogP contribution is 2.31. The third-order valence-electron chi connectivity index (χ3n) is 6.29. The lowest BCUT2D eigenvalue weighted by molar-refractivity contribution is 0.0614. The first-order valence-corrected chi connectivity index (χ1v) is 12.2.